The Morgan fingerprint density at radius 2 is 2.12 bits per heavy atom. The summed E-state index contributed by atoms with van der Waals surface area (Å²) in [5.41, 5.74) is 2.00. The Morgan fingerprint density at radius 3 is 2.92 bits per heavy atom. The Kier molecular flexibility index (Phi) is 3.92. The molecule has 2 heterocycles. The lowest BCUT2D eigenvalue weighted by atomic mass is 10.2. The molecule has 0 aliphatic carbocycles. The van der Waals surface area contributed by atoms with Gasteiger partial charge >= 0.3 is 0 Å². The second-order valence-corrected chi connectivity index (χ2v) is 6.26. The normalized spacial score (nSPS) is 15.8. The number of nitrogens with one attached hydrogen (secondary N) is 1. The average molecular weight is 338 g/mol. The summed E-state index contributed by atoms with van der Waals surface area (Å²) in [5, 5.41) is 3.80. The maximum atomic E-state index is 13.7. The zero-order valence-corrected chi connectivity index (χ0v) is 14.0. The molecule has 0 fully saturated rings. The number of hydrogen-bond donors (Lipinski definition) is 1. The number of rotatable bonds is 4. The van der Waals surface area contributed by atoms with Gasteiger partial charge in [-0.25, -0.2) is 4.39 Å². The molecule has 1 aliphatic rings. The summed E-state index contributed by atoms with van der Waals surface area (Å²) in [4.78, 5) is 12.7. The van der Waals surface area contributed by atoms with Crippen LogP contribution in [0.5, 0.6) is 5.75 Å². The minimum atomic E-state index is -0.314. The number of hydrogen-bond acceptors (Lipinski definition) is 2. The maximum Gasteiger partial charge on any atom is 0.268 e. The highest BCUT2D eigenvalue weighted by atomic mass is 19.1. The number of amides is 1. The zero-order chi connectivity index (χ0) is 17.4. The van der Waals surface area contributed by atoms with Crippen LogP contribution in [0.25, 0.3) is 10.9 Å². The van der Waals surface area contributed by atoms with E-state index >= 15 is 0 Å². The minimum absolute atomic E-state index is 0.0450. The highest BCUT2D eigenvalue weighted by molar-refractivity contribution is 6.00. The third-order valence-corrected chi connectivity index (χ3v) is 4.65. The van der Waals surface area contributed by atoms with Crippen LogP contribution >= 0.6 is 0 Å². The van der Waals surface area contributed by atoms with Crippen molar-refractivity contribution in [2.75, 3.05) is 0 Å². The lowest BCUT2D eigenvalue weighted by Gasteiger charge is -2.26. The lowest BCUT2D eigenvalue weighted by Crippen LogP contribution is -2.31. The number of ether oxygens (including phenoxy) is 1. The minimum Gasteiger partial charge on any atom is -0.486 e. The highest BCUT2D eigenvalue weighted by Gasteiger charge is 2.25. The number of benzene rings is 2. The molecule has 4 nitrogen and oxygen atoms in total. The van der Waals surface area contributed by atoms with Crippen LogP contribution in [0.3, 0.4) is 0 Å². The second-order valence-electron chi connectivity index (χ2n) is 6.26. The van der Waals surface area contributed by atoms with E-state index in [9.17, 15) is 9.18 Å². The van der Waals surface area contributed by atoms with Crippen molar-refractivity contribution in [3.8, 4) is 5.75 Å². The molecule has 25 heavy (non-hydrogen) atoms. The SMILES string of the molecule is CC[C@@H]1Cn2c(C(=O)NCc3ccccc3F)cc3cccc(c32)O1. The van der Waals surface area contributed by atoms with Crippen molar-refractivity contribution in [2.45, 2.75) is 32.5 Å². The quantitative estimate of drug-likeness (QED) is 0.784. The van der Waals surface area contributed by atoms with Crippen LogP contribution in [0.15, 0.2) is 48.5 Å². The van der Waals surface area contributed by atoms with E-state index in [1.165, 1.54) is 6.07 Å². The fourth-order valence-corrected chi connectivity index (χ4v) is 3.30. The summed E-state index contributed by atoms with van der Waals surface area (Å²) in [6, 6.07) is 14.2. The standard InChI is InChI=1S/C20H19FN2O2/c1-2-15-12-23-17(10-13-7-5-9-18(25-15)19(13)23)20(24)22-11-14-6-3-4-8-16(14)21/h3-10,15H,2,11-12H2,1H3,(H,22,24)/t15-/m1/s1. The first kappa shape index (κ1) is 15.7. The summed E-state index contributed by atoms with van der Waals surface area (Å²) < 4.78 is 21.7. The first-order valence-corrected chi connectivity index (χ1v) is 8.48. The Hall–Kier alpha value is -2.82. The van der Waals surface area contributed by atoms with Crippen LogP contribution in [0, 0.1) is 5.82 Å². The molecule has 1 atom stereocenters. The van der Waals surface area contributed by atoms with Crippen molar-refractivity contribution in [2.24, 2.45) is 0 Å². The van der Waals surface area contributed by atoms with Crippen molar-refractivity contribution >= 4 is 16.8 Å². The van der Waals surface area contributed by atoms with E-state index in [1.807, 2.05) is 28.8 Å². The van der Waals surface area contributed by atoms with E-state index in [-0.39, 0.29) is 24.4 Å². The van der Waals surface area contributed by atoms with E-state index in [2.05, 4.69) is 12.2 Å². The Balaban J connectivity index is 1.65. The van der Waals surface area contributed by atoms with Crippen molar-refractivity contribution in [3.05, 3.63) is 65.6 Å². The van der Waals surface area contributed by atoms with Crippen molar-refractivity contribution in [1.29, 1.82) is 0 Å². The topological polar surface area (TPSA) is 43.3 Å². The molecule has 1 amide bonds. The molecule has 1 aromatic heterocycles. The van der Waals surface area contributed by atoms with Gasteiger partial charge in [0.1, 0.15) is 23.4 Å². The smallest absolute Gasteiger partial charge is 0.268 e. The third kappa shape index (κ3) is 2.76. The molecule has 3 aromatic rings. The summed E-state index contributed by atoms with van der Waals surface area (Å²) >= 11 is 0. The molecule has 1 N–H and O–H groups in total. The van der Waals surface area contributed by atoms with E-state index < -0.39 is 0 Å². The number of carbonyl (C=O) groups is 1. The van der Waals surface area contributed by atoms with Gasteiger partial charge in [0, 0.05) is 17.5 Å². The first-order chi connectivity index (χ1) is 12.2. The molecule has 0 saturated carbocycles. The van der Waals surface area contributed by atoms with E-state index in [1.54, 1.807) is 18.2 Å². The Bertz CT molecular complexity index is 948. The maximum absolute atomic E-state index is 13.7. The van der Waals surface area contributed by atoms with Crippen molar-refractivity contribution < 1.29 is 13.9 Å². The number of para-hydroxylation sites is 1. The van der Waals surface area contributed by atoms with Crippen LogP contribution in [-0.4, -0.2) is 16.6 Å². The summed E-state index contributed by atoms with van der Waals surface area (Å²) in [5.74, 6) is 0.289. The molecule has 2 aromatic carbocycles. The number of aromatic nitrogens is 1. The summed E-state index contributed by atoms with van der Waals surface area (Å²) in [6.45, 7) is 2.87. The van der Waals surface area contributed by atoms with Crippen LogP contribution < -0.4 is 10.1 Å². The Morgan fingerprint density at radius 1 is 1.28 bits per heavy atom. The molecular formula is C20H19FN2O2. The van der Waals surface area contributed by atoms with Crippen LogP contribution in [-0.2, 0) is 13.1 Å². The van der Waals surface area contributed by atoms with Crippen molar-refractivity contribution in [1.82, 2.24) is 9.88 Å². The molecule has 0 spiro atoms. The van der Waals surface area contributed by atoms with Gasteiger partial charge in [-0.3, -0.25) is 4.79 Å². The number of nitrogens with zero attached hydrogens (tertiary/aromatic N) is 1. The highest BCUT2D eigenvalue weighted by Crippen LogP contribution is 2.34. The fraction of sp³-hybridized carbons (Fsp3) is 0.250. The zero-order valence-electron chi connectivity index (χ0n) is 14.0. The molecule has 0 unspecified atom stereocenters. The van der Waals surface area contributed by atoms with Gasteiger partial charge in [-0.1, -0.05) is 37.3 Å². The molecule has 4 rings (SSSR count). The number of halogens is 1. The molecule has 5 heteroatoms. The van der Waals surface area contributed by atoms with Crippen LogP contribution in [0.1, 0.15) is 29.4 Å². The fourth-order valence-electron chi connectivity index (χ4n) is 3.30. The van der Waals surface area contributed by atoms with E-state index in [0.717, 1.165) is 23.1 Å². The third-order valence-electron chi connectivity index (χ3n) is 4.65. The molecule has 1 aliphatic heterocycles. The second kappa shape index (κ2) is 6.24. The predicted molar refractivity (Wildman–Crippen MR) is 94.2 cm³/mol. The molecule has 0 bridgehead atoms. The monoisotopic (exact) mass is 338 g/mol. The van der Waals surface area contributed by atoms with Crippen molar-refractivity contribution in [3.63, 3.8) is 0 Å². The van der Waals surface area contributed by atoms with Gasteiger partial charge in [0.15, 0.2) is 0 Å². The van der Waals surface area contributed by atoms with E-state index in [4.69, 9.17) is 4.74 Å². The van der Waals surface area contributed by atoms with Gasteiger partial charge in [0.2, 0.25) is 0 Å². The van der Waals surface area contributed by atoms with Crippen LogP contribution in [0.4, 0.5) is 4.39 Å². The van der Waals surface area contributed by atoms with Gasteiger partial charge < -0.3 is 14.6 Å². The van der Waals surface area contributed by atoms with Gasteiger partial charge in [-0.15, -0.1) is 0 Å². The Labute approximate surface area is 145 Å². The van der Waals surface area contributed by atoms with E-state index in [0.29, 0.717) is 17.8 Å². The first-order valence-electron chi connectivity index (χ1n) is 8.48. The predicted octanol–water partition coefficient (Wildman–Crippen LogP) is 3.88. The van der Waals surface area contributed by atoms with Gasteiger partial charge in [0.25, 0.3) is 5.91 Å². The molecule has 128 valence electrons. The summed E-state index contributed by atoms with van der Waals surface area (Å²) in [6.07, 6.45) is 0.910. The number of carbonyl (C=O) groups excluding carboxylic acids is 1. The molecule has 0 radical (unpaired) electrons. The summed E-state index contributed by atoms with van der Waals surface area (Å²) in [7, 11) is 0. The van der Waals surface area contributed by atoms with Gasteiger partial charge in [-0.2, -0.15) is 0 Å². The lowest BCUT2D eigenvalue weighted by molar-refractivity contribution is 0.0935. The van der Waals surface area contributed by atoms with Crippen LogP contribution in [0.2, 0.25) is 0 Å². The van der Waals surface area contributed by atoms with Gasteiger partial charge in [0.05, 0.1) is 12.1 Å². The molecule has 0 saturated heterocycles. The molecular weight excluding hydrogens is 319 g/mol. The average Bonchev–Trinajstić information content (AvgIpc) is 3.01. The largest absolute Gasteiger partial charge is 0.486 e. The van der Waals surface area contributed by atoms with Gasteiger partial charge in [-0.05, 0) is 24.6 Å².